The van der Waals surface area contributed by atoms with Gasteiger partial charge in [0.05, 0.1) is 22.0 Å². The second-order valence-electron chi connectivity index (χ2n) is 11.3. The van der Waals surface area contributed by atoms with Crippen molar-refractivity contribution >= 4 is 62.3 Å². The van der Waals surface area contributed by atoms with Gasteiger partial charge in [0, 0.05) is 37.0 Å². The fraction of sp³-hybridized carbons (Fsp3) is 0.394. The normalized spacial score (nSPS) is 14.3. The van der Waals surface area contributed by atoms with Crippen LogP contribution < -0.4 is 9.62 Å². The lowest BCUT2D eigenvalue weighted by Crippen LogP contribution is -2.52. The topological polar surface area (TPSA) is 86.8 Å². The number of carbonyl (C=O) groups is 2. The first kappa shape index (κ1) is 34.1. The third kappa shape index (κ3) is 9.36. The molecule has 0 unspecified atom stereocenters. The second-order valence-corrected chi connectivity index (χ2v) is 14.5. The van der Waals surface area contributed by atoms with E-state index in [1.807, 2.05) is 37.3 Å². The molecular weight excluding hydrogens is 641 g/mol. The summed E-state index contributed by atoms with van der Waals surface area (Å²) in [4.78, 5) is 29.5. The van der Waals surface area contributed by atoms with E-state index in [-0.39, 0.29) is 43.8 Å². The Hall–Kier alpha value is -2.78. The van der Waals surface area contributed by atoms with E-state index in [9.17, 15) is 18.0 Å². The zero-order valence-electron chi connectivity index (χ0n) is 24.9. The largest absolute Gasteiger partial charge is 0.352 e. The number of benzene rings is 3. The first-order valence-electron chi connectivity index (χ1n) is 14.7. The molecule has 0 spiro atoms. The van der Waals surface area contributed by atoms with Gasteiger partial charge in [-0.1, -0.05) is 90.1 Å². The number of halogens is 3. The molecule has 0 heterocycles. The van der Waals surface area contributed by atoms with Crippen molar-refractivity contribution in [1.29, 1.82) is 0 Å². The van der Waals surface area contributed by atoms with Crippen LogP contribution >= 0.6 is 34.8 Å². The van der Waals surface area contributed by atoms with Gasteiger partial charge in [0.15, 0.2) is 0 Å². The molecule has 4 rings (SSSR count). The Morgan fingerprint density at radius 1 is 0.932 bits per heavy atom. The summed E-state index contributed by atoms with van der Waals surface area (Å²) < 4.78 is 26.8. The minimum atomic E-state index is -3.66. The fourth-order valence-corrected chi connectivity index (χ4v) is 7.09. The van der Waals surface area contributed by atoms with Crippen LogP contribution in [0.3, 0.4) is 0 Å². The highest BCUT2D eigenvalue weighted by Gasteiger charge is 2.32. The van der Waals surface area contributed by atoms with Crippen LogP contribution in [0.4, 0.5) is 5.69 Å². The summed E-state index contributed by atoms with van der Waals surface area (Å²) in [6.45, 7) is 2.02. The van der Waals surface area contributed by atoms with Gasteiger partial charge in [-0.25, -0.2) is 8.42 Å². The number of nitrogens with one attached hydrogen (secondary N) is 1. The number of nitrogens with zero attached hydrogens (tertiary/aromatic N) is 2. The maximum atomic E-state index is 14.1. The van der Waals surface area contributed by atoms with Crippen LogP contribution in [0.15, 0.2) is 66.7 Å². The Kier molecular flexibility index (Phi) is 12.0. The molecule has 3 aromatic rings. The molecule has 1 fully saturated rings. The molecule has 0 saturated heterocycles. The Morgan fingerprint density at radius 3 is 2.30 bits per heavy atom. The third-order valence-corrected chi connectivity index (χ3v) is 10.1. The maximum Gasteiger partial charge on any atom is 0.243 e. The Balaban J connectivity index is 1.62. The molecule has 0 aliphatic heterocycles. The van der Waals surface area contributed by atoms with E-state index in [0.717, 1.165) is 48.6 Å². The molecule has 236 valence electrons. The van der Waals surface area contributed by atoms with E-state index in [4.69, 9.17) is 34.8 Å². The number of sulfonamides is 1. The number of carbonyl (C=O) groups excluding carboxylic acids is 2. The lowest BCUT2D eigenvalue weighted by Gasteiger charge is -2.33. The third-order valence-electron chi connectivity index (χ3n) is 7.90. The molecule has 2 amide bonds. The molecule has 1 saturated carbocycles. The molecule has 11 heteroatoms. The van der Waals surface area contributed by atoms with Gasteiger partial charge in [-0.15, -0.1) is 0 Å². The summed E-state index contributed by atoms with van der Waals surface area (Å²) in [5, 5.41) is 4.35. The minimum Gasteiger partial charge on any atom is -0.352 e. The highest BCUT2D eigenvalue weighted by atomic mass is 35.5. The van der Waals surface area contributed by atoms with Gasteiger partial charge in [-0.05, 0) is 67.1 Å². The average molecular weight is 679 g/mol. The smallest absolute Gasteiger partial charge is 0.243 e. The van der Waals surface area contributed by atoms with Gasteiger partial charge in [0.25, 0.3) is 0 Å². The van der Waals surface area contributed by atoms with E-state index < -0.39 is 16.1 Å². The summed E-state index contributed by atoms with van der Waals surface area (Å²) >= 11 is 18.7. The summed E-state index contributed by atoms with van der Waals surface area (Å²) in [5.41, 5.74) is 2.87. The van der Waals surface area contributed by atoms with Crippen molar-refractivity contribution in [3.63, 3.8) is 0 Å². The SMILES string of the molecule is Cc1ccc(Cl)cc1N(CCCC(=O)N(Cc1ccc(Cl)c(Cl)c1)[C@@H](Cc1ccccc1)C(=O)NC1CCCC1)S(C)(=O)=O. The summed E-state index contributed by atoms with van der Waals surface area (Å²) in [5.74, 6) is -0.476. The number of anilines is 1. The lowest BCUT2D eigenvalue weighted by atomic mass is 10.0. The van der Waals surface area contributed by atoms with E-state index in [1.54, 1.807) is 41.3 Å². The Morgan fingerprint density at radius 2 is 1.64 bits per heavy atom. The summed E-state index contributed by atoms with van der Waals surface area (Å²) in [6, 6.07) is 19.1. The van der Waals surface area contributed by atoms with Crippen LogP contribution in [0.1, 0.15) is 55.2 Å². The quantitative estimate of drug-likeness (QED) is 0.207. The van der Waals surface area contributed by atoms with Crippen molar-refractivity contribution < 1.29 is 18.0 Å². The lowest BCUT2D eigenvalue weighted by molar-refractivity contribution is -0.141. The maximum absolute atomic E-state index is 14.1. The molecule has 1 aliphatic rings. The van der Waals surface area contributed by atoms with Gasteiger partial charge < -0.3 is 10.2 Å². The molecule has 0 bridgehead atoms. The van der Waals surface area contributed by atoms with Crippen LogP contribution in [-0.2, 0) is 32.6 Å². The van der Waals surface area contributed by atoms with Gasteiger partial charge in [-0.3, -0.25) is 13.9 Å². The number of hydrogen-bond acceptors (Lipinski definition) is 4. The van der Waals surface area contributed by atoms with E-state index in [1.165, 1.54) is 4.31 Å². The molecule has 1 aliphatic carbocycles. The molecule has 7 nitrogen and oxygen atoms in total. The van der Waals surface area contributed by atoms with Crippen molar-refractivity contribution in [2.75, 3.05) is 17.1 Å². The van der Waals surface area contributed by atoms with Crippen molar-refractivity contribution in [1.82, 2.24) is 10.2 Å². The van der Waals surface area contributed by atoms with Crippen LogP contribution in [0, 0.1) is 6.92 Å². The molecule has 3 aromatic carbocycles. The first-order valence-corrected chi connectivity index (χ1v) is 17.7. The highest BCUT2D eigenvalue weighted by molar-refractivity contribution is 7.92. The number of rotatable bonds is 13. The molecule has 1 atom stereocenters. The van der Waals surface area contributed by atoms with Crippen LogP contribution in [0.25, 0.3) is 0 Å². The molecular formula is C33H38Cl3N3O4S. The molecule has 1 N–H and O–H groups in total. The van der Waals surface area contributed by atoms with Crippen LogP contribution in [0.2, 0.25) is 15.1 Å². The summed E-state index contributed by atoms with van der Waals surface area (Å²) in [6.07, 6.45) is 5.65. The van der Waals surface area contributed by atoms with Crippen molar-refractivity contribution in [3.05, 3.63) is 98.5 Å². The van der Waals surface area contributed by atoms with E-state index in [2.05, 4.69) is 5.32 Å². The van der Waals surface area contributed by atoms with Crippen molar-refractivity contribution in [3.8, 4) is 0 Å². The molecule has 0 aromatic heterocycles. The number of amides is 2. The van der Waals surface area contributed by atoms with Gasteiger partial charge in [0.2, 0.25) is 21.8 Å². The Labute approximate surface area is 275 Å². The minimum absolute atomic E-state index is 0.0228. The van der Waals surface area contributed by atoms with Gasteiger partial charge >= 0.3 is 0 Å². The predicted octanol–water partition coefficient (Wildman–Crippen LogP) is 7.20. The number of hydrogen-bond donors (Lipinski definition) is 1. The van der Waals surface area contributed by atoms with E-state index in [0.29, 0.717) is 27.2 Å². The monoisotopic (exact) mass is 677 g/mol. The van der Waals surface area contributed by atoms with Crippen molar-refractivity contribution in [2.24, 2.45) is 0 Å². The highest BCUT2D eigenvalue weighted by Crippen LogP contribution is 2.28. The molecule has 44 heavy (non-hydrogen) atoms. The van der Waals surface area contributed by atoms with Gasteiger partial charge in [-0.2, -0.15) is 0 Å². The van der Waals surface area contributed by atoms with Crippen molar-refractivity contribution in [2.45, 2.75) is 70.5 Å². The Bertz CT molecular complexity index is 1560. The average Bonchev–Trinajstić information content (AvgIpc) is 3.49. The first-order chi connectivity index (χ1) is 20.9. The fourth-order valence-electron chi connectivity index (χ4n) is 5.59. The number of aryl methyl sites for hydroxylation is 1. The predicted molar refractivity (Wildman–Crippen MR) is 179 cm³/mol. The van der Waals surface area contributed by atoms with Gasteiger partial charge in [0.1, 0.15) is 6.04 Å². The zero-order chi connectivity index (χ0) is 31.9. The molecule has 0 radical (unpaired) electrons. The van der Waals surface area contributed by atoms with E-state index >= 15 is 0 Å². The zero-order valence-corrected chi connectivity index (χ0v) is 28.0. The summed E-state index contributed by atoms with van der Waals surface area (Å²) in [7, 11) is -3.66. The standard InChI is InChI=1S/C33H38Cl3N3O4S/c1-23-14-16-26(34)21-30(23)39(44(2,42)43)18-8-13-32(40)38(22-25-15-17-28(35)29(36)19-25)31(20-24-9-4-3-5-10-24)33(41)37-27-11-6-7-12-27/h3-5,9-10,14-17,19,21,27,31H,6-8,11-13,18,20,22H2,1-2H3,(H,37,41)/t31-/m0/s1. The van der Waals surface area contributed by atoms with Crippen LogP contribution in [-0.4, -0.2) is 50.0 Å². The van der Waals surface area contributed by atoms with Crippen LogP contribution in [0.5, 0.6) is 0 Å². The second kappa shape index (κ2) is 15.5.